The summed E-state index contributed by atoms with van der Waals surface area (Å²) in [5.41, 5.74) is 0.0959. The van der Waals surface area contributed by atoms with Crippen molar-refractivity contribution in [3.05, 3.63) is 29.6 Å². The summed E-state index contributed by atoms with van der Waals surface area (Å²) in [6.45, 7) is 3.53. The van der Waals surface area contributed by atoms with E-state index in [1.807, 2.05) is 18.2 Å². The second-order valence-electron chi connectivity index (χ2n) is 9.95. The van der Waals surface area contributed by atoms with E-state index in [1.165, 1.54) is 6.42 Å². The zero-order valence-corrected chi connectivity index (χ0v) is 18.3. The molecular formula is C24H31F3N2O2. The summed E-state index contributed by atoms with van der Waals surface area (Å²) in [5, 5.41) is 10.4. The number of imidazole rings is 1. The van der Waals surface area contributed by atoms with Gasteiger partial charge in [0.1, 0.15) is 11.6 Å². The van der Waals surface area contributed by atoms with Crippen LogP contribution in [0.2, 0.25) is 0 Å². The molecule has 170 valence electrons. The van der Waals surface area contributed by atoms with Gasteiger partial charge in [0.15, 0.2) is 0 Å². The molecule has 0 spiro atoms. The third-order valence-electron chi connectivity index (χ3n) is 7.01. The molecule has 0 saturated heterocycles. The molecule has 2 aliphatic rings. The molecule has 4 rings (SSSR count). The number of aromatic nitrogens is 2. The highest BCUT2D eigenvalue weighted by molar-refractivity contribution is 5.79. The molecule has 2 aromatic rings. The van der Waals surface area contributed by atoms with E-state index in [0.29, 0.717) is 18.9 Å². The van der Waals surface area contributed by atoms with Crippen LogP contribution in [0.15, 0.2) is 18.2 Å². The Labute approximate surface area is 180 Å². The number of nitrogens with zero attached hydrogens (tertiary/aromatic N) is 2. The molecule has 7 heteroatoms. The fourth-order valence-electron chi connectivity index (χ4n) is 4.53. The van der Waals surface area contributed by atoms with Crippen molar-refractivity contribution in [2.45, 2.75) is 95.9 Å². The number of unbranched alkanes of at least 4 members (excludes halogenated alkanes) is 1. The summed E-state index contributed by atoms with van der Waals surface area (Å²) < 4.78 is 41.4. The van der Waals surface area contributed by atoms with Crippen LogP contribution in [0.25, 0.3) is 11.0 Å². The standard InChI is InChI=1S/C24H31F3N2O2/c1-22(2,31)16-10-11-19-20(14-16)29(17-6-5-7-17)21(28-19)9-4-3-8-18(30)15-23(12-13-23)24(25,26)27/h10-11,14,17,31H,3-9,12-13,15H2,1-2H3. The molecule has 0 atom stereocenters. The highest BCUT2D eigenvalue weighted by Crippen LogP contribution is 2.60. The average molecular weight is 437 g/mol. The zero-order valence-electron chi connectivity index (χ0n) is 18.3. The molecule has 0 aliphatic heterocycles. The molecule has 2 fully saturated rings. The van der Waals surface area contributed by atoms with Gasteiger partial charge < -0.3 is 9.67 Å². The van der Waals surface area contributed by atoms with Gasteiger partial charge in [-0.15, -0.1) is 0 Å². The number of halogens is 3. The van der Waals surface area contributed by atoms with Crippen molar-refractivity contribution in [1.82, 2.24) is 9.55 Å². The topological polar surface area (TPSA) is 55.1 Å². The molecule has 31 heavy (non-hydrogen) atoms. The van der Waals surface area contributed by atoms with Crippen molar-refractivity contribution in [3.8, 4) is 0 Å². The molecule has 1 N–H and O–H groups in total. The molecule has 1 heterocycles. The minimum absolute atomic E-state index is 0.0836. The van der Waals surface area contributed by atoms with Crippen LogP contribution in [-0.2, 0) is 16.8 Å². The third-order valence-corrected chi connectivity index (χ3v) is 7.01. The average Bonchev–Trinajstić information content (AvgIpc) is 3.33. The molecule has 1 aromatic carbocycles. The largest absolute Gasteiger partial charge is 0.394 e. The van der Waals surface area contributed by atoms with Crippen LogP contribution in [-0.4, -0.2) is 26.6 Å². The van der Waals surface area contributed by atoms with Gasteiger partial charge in [0.25, 0.3) is 0 Å². The summed E-state index contributed by atoms with van der Waals surface area (Å²) >= 11 is 0. The number of Topliss-reactive ketones (excluding diaryl/α,β-unsaturated/α-hetero) is 1. The van der Waals surface area contributed by atoms with Crippen LogP contribution in [0, 0.1) is 5.41 Å². The number of hydrogen-bond donors (Lipinski definition) is 1. The van der Waals surface area contributed by atoms with E-state index in [0.717, 1.165) is 41.7 Å². The fraction of sp³-hybridized carbons (Fsp3) is 0.667. The van der Waals surface area contributed by atoms with Crippen molar-refractivity contribution >= 4 is 16.8 Å². The van der Waals surface area contributed by atoms with Crippen LogP contribution in [0.1, 0.15) is 89.1 Å². The lowest BCUT2D eigenvalue weighted by Gasteiger charge is -2.29. The van der Waals surface area contributed by atoms with Gasteiger partial charge in [0, 0.05) is 25.3 Å². The Morgan fingerprint density at radius 2 is 1.94 bits per heavy atom. The Bertz CT molecular complexity index is 964. The molecule has 2 saturated carbocycles. The number of ketones is 1. The Morgan fingerprint density at radius 1 is 1.23 bits per heavy atom. The lowest BCUT2D eigenvalue weighted by atomic mass is 9.92. The second-order valence-corrected chi connectivity index (χ2v) is 9.95. The maximum absolute atomic E-state index is 13.0. The number of fused-ring (bicyclic) bond motifs is 1. The van der Waals surface area contributed by atoms with E-state index < -0.39 is 17.2 Å². The van der Waals surface area contributed by atoms with Crippen molar-refractivity contribution in [2.24, 2.45) is 5.41 Å². The van der Waals surface area contributed by atoms with Gasteiger partial charge >= 0.3 is 6.18 Å². The molecule has 0 unspecified atom stereocenters. The first kappa shape index (κ1) is 22.3. The smallest absolute Gasteiger partial charge is 0.386 e. The molecule has 1 aromatic heterocycles. The zero-order chi connectivity index (χ0) is 22.4. The lowest BCUT2D eigenvalue weighted by molar-refractivity contribution is -0.190. The van der Waals surface area contributed by atoms with Gasteiger partial charge in [0.2, 0.25) is 0 Å². The van der Waals surface area contributed by atoms with E-state index in [2.05, 4.69) is 4.57 Å². The number of aryl methyl sites for hydroxylation is 1. The van der Waals surface area contributed by atoms with Gasteiger partial charge in [-0.1, -0.05) is 6.07 Å². The van der Waals surface area contributed by atoms with E-state index in [9.17, 15) is 23.1 Å². The van der Waals surface area contributed by atoms with Gasteiger partial charge in [0.05, 0.1) is 22.0 Å². The molecule has 0 radical (unpaired) electrons. The lowest BCUT2D eigenvalue weighted by Crippen LogP contribution is -2.27. The van der Waals surface area contributed by atoms with Crippen LogP contribution in [0.4, 0.5) is 13.2 Å². The number of rotatable bonds is 9. The third kappa shape index (κ3) is 4.52. The summed E-state index contributed by atoms with van der Waals surface area (Å²) in [7, 11) is 0. The molecule has 0 bridgehead atoms. The Hall–Kier alpha value is -1.89. The van der Waals surface area contributed by atoms with E-state index >= 15 is 0 Å². The van der Waals surface area contributed by atoms with Crippen LogP contribution < -0.4 is 0 Å². The van der Waals surface area contributed by atoms with Crippen molar-refractivity contribution in [2.75, 3.05) is 0 Å². The Kier molecular flexibility index (Phi) is 5.69. The van der Waals surface area contributed by atoms with E-state index in [4.69, 9.17) is 4.98 Å². The van der Waals surface area contributed by atoms with Gasteiger partial charge in [-0.2, -0.15) is 13.2 Å². The first-order valence-electron chi connectivity index (χ1n) is 11.3. The second kappa shape index (κ2) is 7.91. The summed E-state index contributed by atoms with van der Waals surface area (Å²) in [5.74, 6) is 0.686. The highest BCUT2D eigenvalue weighted by atomic mass is 19.4. The number of hydrogen-bond acceptors (Lipinski definition) is 3. The number of carbonyl (C=O) groups excluding carboxylic acids is 1. The maximum atomic E-state index is 13.0. The molecule has 4 nitrogen and oxygen atoms in total. The minimum Gasteiger partial charge on any atom is -0.386 e. The van der Waals surface area contributed by atoms with E-state index in [1.54, 1.807) is 13.8 Å². The maximum Gasteiger partial charge on any atom is 0.394 e. The molecular weight excluding hydrogens is 405 g/mol. The number of carbonyl (C=O) groups is 1. The monoisotopic (exact) mass is 436 g/mol. The quantitative estimate of drug-likeness (QED) is 0.490. The van der Waals surface area contributed by atoms with Crippen LogP contribution >= 0.6 is 0 Å². The number of aliphatic hydroxyl groups is 1. The van der Waals surface area contributed by atoms with Gasteiger partial charge in [-0.25, -0.2) is 4.98 Å². The van der Waals surface area contributed by atoms with Crippen LogP contribution in [0.3, 0.4) is 0 Å². The minimum atomic E-state index is -4.27. The Balaban J connectivity index is 1.41. The van der Waals surface area contributed by atoms with E-state index in [-0.39, 0.29) is 31.5 Å². The number of benzene rings is 1. The fourth-order valence-corrected chi connectivity index (χ4v) is 4.53. The summed E-state index contributed by atoms with van der Waals surface area (Å²) in [6, 6.07) is 6.26. The SMILES string of the molecule is CC(C)(O)c1ccc2nc(CCCCC(=O)CC3(C(F)(F)F)CC3)n(C3CCC3)c2c1. The number of alkyl halides is 3. The predicted octanol–water partition coefficient (Wildman–Crippen LogP) is 6.00. The normalized spacial score (nSPS) is 18.9. The Morgan fingerprint density at radius 3 is 2.48 bits per heavy atom. The molecule has 2 aliphatic carbocycles. The van der Waals surface area contributed by atoms with Crippen LogP contribution in [0.5, 0.6) is 0 Å². The summed E-state index contributed by atoms with van der Waals surface area (Å²) in [6.07, 6.45) is 1.12. The predicted molar refractivity (Wildman–Crippen MR) is 113 cm³/mol. The molecule has 0 amide bonds. The van der Waals surface area contributed by atoms with Crippen molar-refractivity contribution in [1.29, 1.82) is 0 Å². The first-order chi connectivity index (χ1) is 14.5. The highest BCUT2D eigenvalue weighted by Gasteiger charge is 2.63. The first-order valence-corrected chi connectivity index (χ1v) is 11.3. The van der Waals surface area contributed by atoms with Crippen molar-refractivity contribution < 1.29 is 23.1 Å². The van der Waals surface area contributed by atoms with Gasteiger partial charge in [-0.05, 0) is 76.5 Å². The summed E-state index contributed by atoms with van der Waals surface area (Å²) in [4.78, 5) is 16.9. The van der Waals surface area contributed by atoms with Gasteiger partial charge in [-0.3, -0.25) is 4.79 Å². The van der Waals surface area contributed by atoms with Crippen molar-refractivity contribution in [3.63, 3.8) is 0 Å².